The molecule has 0 saturated carbocycles. The second-order valence-corrected chi connectivity index (χ2v) is 7.36. The Bertz CT molecular complexity index is 1020. The van der Waals surface area contributed by atoms with E-state index in [9.17, 15) is 9.59 Å². The first-order chi connectivity index (χ1) is 13.6. The predicted octanol–water partition coefficient (Wildman–Crippen LogP) is 2.90. The molecule has 3 aromatic rings. The normalized spacial score (nSPS) is 13.8. The summed E-state index contributed by atoms with van der Waals surface area (Å²) in [4.78, 5) is 27.6. The molecule has 0 aliphatic carbocycles. The third-order valence-corrected chi connectivity index (χ3v) is 5.22. The second-order valence-electron chi connectivity index (χ2n) is 6.92. The number of rotatable bonds is 5. The van der Waals surface area contributed by atoms with Crippen molar-refractivity contribution in [3.8, 4) is 5.69 Å². The molecule has 2 aromatic carbocycles. The molecule has 0 atom stereocenters. The number of nitrogens with zero attached hydrogens (tertiary/aromatic N) is 4. The lowest BCUT2D eigenvalue weighted by atomic mass is 10.1. The second kappa shape index (κ2) is 8.02. The van der Waals surface area contributed by atoms with Gasteiger partial charge in [0, 0.05) is 24.5 Å². The van der Waals surface area contributed by atoms with Gasteiger partial charge in [-0.15, -0.1) is 5.10 Å². The summed E-state index contributed by atoms with van der Waals surface area (Å²) < 4.78 is 2.83. The molecule has 4 rings (SSSR count). The molecule has 0 spiro atoms. The molecular weight excluding hydrogens is 376 g/mol. The zero-order valence-electron chi connectivity index (χ0n) is 15.4. The molecule has 0 unspecified atom stereocenters. The van der Waals surface area contributed by atoms with Gasteiger partial charge in [-0.1, -0.05) is 41.9 Å². The lowest BCUT2D eigenvalue weighted by molar-refractivity contribution is -0.130. The Morgan fingerprint density at radius 2 is 1.68 bits per heavy atom. The number of halogens is 1. The van der Waals surface area contributed by atoms with Gasteiger partial charge in [-0.3, -0.25) is 9.36 Å². The number of carbonyl (C=O) groups is 1. The predicted molar refractivity (Wildman–Crippen MR) is 108 cm³/mol. The zero-order chi connectivity index (χ0) is 19.5. The molecule has 144 valence electrons. The quantitative estimate of drug-likeness (QED) is 0.666. The Morgan fingerprint density at radius 3 is 2.36 bits per heavy atom. The third kappa shape index (κ3) is 3.87. The highest BCUT2D eigenvalue weighted by Crippen LogP contribution is 2.14. The van der Waals surface area contributed by atoms with Crippen molar-refractivity contribution in [1.82, 2.24) is 19.2 Å². The van der Waals surface area contributed by atoms with Crippen molar-refractivity contribution < 1.29 is 4.79 Å². The van der Waals surface area contributed by atoms with Crippen LogP contribution in [0.2, 0.25) is 5.02 Å². The highest BCUT2D eigenvalue weighted by Gasteiger charge is 2.22. The van der Waals surface area contributed by atoms with Crippen molar-refractivity contribution in [1.29, 1.82) is 0 Å². The minimum Gasteiger partial charge on any atom is -0.341 e. The number of amides is 1. The fourth-order valence-corrected chi connectivity index (χ4v) is 3.58. The van der Waals surface area contributed by atoms with E-state index in [1.54, 1.807) is 24.3 Å². The molecule has 2 heterocycles. The number of likely N-dealkylation sites (tertiary alicyclic amines) is 1. The van der Waals surface area contributed by atoms with Crippen LogP contribution in [0.25, 0.3) is 5.69 Å². The highest BCUT2D eigenvalue weighted by atomic mass is 35.5. The van der Waals surface area contributed by atoms with Crippen LogP contribution in [0, 0.1) is 0 Å². The van der Waals surface area contributed by atoms with Crippen molar-refractivity contribution in [2.45, 2.75) is 25.8 Å². The van der Waals surface area contributed by atoms with Crippen LogP contribution < -0.4 is 5.69 Å². The Labute approximate surface area is 168 Å². The first-order valence-electron chi connectivity index (χ1n) is 9.38. The smallest absolute Gasteiger partial charge is 0.341 e. The van der Waals surface area contributed by atoms with E-state index < -0.39 is 0 Å². The maximum Gasteiger partial charge on any atom is 0.351 e. The molecule has 0 radical (unpaired) electrons. The number of aromatic nitrogens is 3. The summed E-state index contributed by atoms with van der Waals surface area (Å²) in [6.45, 7) is 1.52. The molecule has 0 N–H and O–H groups in total. The molecule has 28 heavy (non-hydrogen) atoms. The lowest BCUT2D eigenvalue weighted by Gasteiger charge is -2.15. The maximum atomic E-state index is 13.1. The van der Waals surface area contributed by atoms with Crippen LogP contribution in [0.5, 0.6) is 0 Å². The van der Waals surface area contributed by atoms with Gasteiger partial charge in [0.1, 0.15) is 12.4 Å². The average Bonchev–Trinajstić information content (AvgIpc) is 3.34. The van der Waals surface area contributed by atoms with Gasteiger partial charge in [0.25, 0.3) is 0 Å². The van der Waals surface area contributed by atoms with Crippen LogP contribution >= 0.6 is 11.6 Å². The summed E-state index contributed by atoms with van der Waals surface area (Å²) in [6, 6.07) is 16.7. The summed E-state index contributed by atoms with van der Waals surface area (Å²) in [7, 11) is 0. The van der Waals surface area contributed by atoms with Gasteiger partial charge in [-0.05, 0) is 42.7 Å². The van der Waals surface area contributed by atoms with E-state index in [0.29, 0.717) is 23.0 Å². The fourth-order valence-electron chi connectivity index (χ4n) is 3.46. The van der Waals surface area contributed by atoms with Crippen molar-refractivity contribution >= 4 is 17.5 Å². The van der Waals surface area contributed by atoms with Gasteiger partial charge in [0.05, 0.1) is 5.69 Å². The van der Waals surface area contributed by atoms with E-state index >= 15 is 0 Å². The average molecular weight is 397 g/mol. The van der Waals surface area contributed by atoms with Gasteiger partial charge >= 0.3 is 5.69 Å². The molecule has 6 nitrogen and oxygen atoms in total. The van der Waals surface area contributed by atoms with Gasteiger partial charge in [-0.2, -0.15) is 4.68 Å². The van der Waals surface area contributed by atoms with Crippen molar-refractivity contribution in [2.24, 2.45) is 0 Å². The number of carbonyl (C=O) groups excluding carboxylic acids is 1. The van der Waals surface area contributed by atoms with E-state index in [2.05, 4.69) is 5.10 Å². The molecule has 0 bridgehead atoms. The minimum absolute atomic E-state index is 0.00852. The molecule has 1 amide bonds. The van der Waals surface area contributed by atoms with Crippen molar-refractivity contribution in [2.75, 3.05) is 13.1 Å². The summed E-state index contributed by atoms with van der Waals surface area (Å²) in [6.07, 6.45) is 2.51. The lowest BCUT2D eigenvalue weighted by Crippen LogP contribution is -2.35. The summed E-state index contributed by atoms with van der Waals surface area (Å²) in [5.74, 6) is 0.531. The van der Waals surface area contributed by atoms with Gasteiger partial charge in [-0.25, -0.2) is 4.79 Å². The molecule has 1 saturated heterocycles. The molecular formula is C21H21ClN4O2. The fraction of sp³-hybridized carbons (Fsp3) is 0.286. The standard InChI is InChI=1S/C21H21ClN4O2/c22-17-8-10-18(11-9-17)26-21(28)25(15-20(27)24-12-4-5-13-24)19(23-26)14-16-6-2-1-3-7-16/h1-3,6-11H,4-5,12-15H2. The minimum atomic E-state index is -0.319. The molecule has 1 aliphatic rings. The number of hydrogen-bond acceptors (Lipinski definition) is 3. The van der Waals surface area contributed by atoms with Crippen LogP contribution in [-0.4, -0.2) is 38.2 Å². The van der Waals surface area contributed by atoms with E-state index in [1.165, 1.54) is 9.25 Å². The first kappa shape index (κ1) is 18.5. The Hall–Kier alpha value is -2.86. The van der Waals surface area contributed by atoms with Gasteiger partial charge in [0.2, 0.25) is 5.91 Å². The summed E-state index contributed by atoms with van der Waals surface area (Å²) >= 11 is 5.96. The van der Waals surface area contributed by atoms with Crippen LogP contribution in [0.4, 0.5) is 0 Å². The SMILES string of the molecule is O=C(Cn1c(Cc2ccccc2)nn(-c2ccc(Cl)cc2)c1=O)N1CCCC1. The van der Waals surface area contributed by atoms with Crippen LogP contribution in [0.15, 0.2) is 59.4 Å². The first-order valence-corrected chi connectivity index (χ1v) is 9.76. The molecule has 1 fully saturated rings. The largest absolute Gasteiger partial charge is 0.351 e. The van der Waals surface area contributed by atoms with Crippen LogP contribution in [-0.2, 0) is 17.8 Å². The molecule has 7 heteroatoms. The Morgan fingerprint density at radius 1 is 1.00 bits per heavy atom. The third-order valence-electron chi connectivity index (χ3n) is 4.97. The van der Waals surface area contributed by atoms with E-state index in [-0.39, 0.29) is 18.1 Å². The van der Waals surface area contributed by atoms with E-state index in [4.69, 9.17) is 11.6 Å². The van der Waals surface area contributed by atoms with Gasteiger partial charge < -0.3 is 4.90 Å². The topological polar surface area (TPSA) is 60.1 Å². The van der Waals surface area contributed by atoms with Crippen LogP contribution in [0.3, 0.4) is 0 Å². The van der Waals surface area contributed by atoms with Gasteiger partial charge in [0.15, 0.2) is 0 Å². The maximum absolute atomic E-state index is 13.1. The van der Waals surface area contributed by atoms with E-state index in [1.807, 2.05) is 35.2 Å². The molecule has 1 aliphatic heterocycles. The Kier molecular flexibility index (Phi) is 5.30. The highest BCUT2D eigenvalue weighted by molar-refractivity contribution is 6.30. The van der Waals surface area contributed by atoms with Crippen LogP contribution in [0.1, 0.15) is 24.2 Å². The number of hydrogen-bond donors (Lipinski definition) is 0. The monoisotopic (exact) mass is 396 g/mol. The van der Waals surface area contributed by atoms with Crippen molar-refractivity contribution in [3.63, 3.8) is 0 Å². The summed E-state index contributed by atoms with van der Waals surface area (Å²) in [5.41, 5.74) is 1.34. The number of benzene rings is 2. The summed E-state index contributed by atoms with van der Waals surface area (Å²) in [5, 5.41) is 5.13. The molecule has 1 aromatic heterocycles. The zero-order valence-corrected chi connectivity index (χ0v) is 16.2. The van der Waals surface area contributed by atoms with E-state index in [0.717, 1.165) is 31.5 Å². The van der Waals surface area contributed by atoms with Crippen molar-refractivity contribution in [3.05, 3.63) is 81.5 Å². The Balaban J connectivity index is 1.71.